The first-order valence-electron chi connectivity index (χ1n) is 4.11. The van der Waals surface area contributed by atoms with Gasteiger partial charge in [-0.05, 0) is 12.1 Å². The van der Waals surface area contributed by atoms with Crippen LogP contribution in [0.25, 0.3) is 0 Å². The molecule has 0 bridgehead atoms. The van der Waals surface area contributed by atoms with Crippen LogP contribution in [0.2, 0.25) is 0 Å². The van der Waals surface area contributed by atoms with Gasteiger partial charge < -0.3 is 15.6 Å². The van der Waals surface area contributed by atoms with Crippen molar-refractivity contribution in [1.82, 2.24) is 4.98 Å². The third-order valence-corrected chi connectivity index (χ3v) is 1.80. The van der Waals surface area contributed by atoms with Crippen LogP contribution in [-0.4, -0.2) is 29.2 Å². The quantitative estimate of drug-likeness (QED) is 0.710. The lowest BCUT2D eigenvalue weighted by Gasteiger charge is -2.09. The zero-order chi connectivity index (χ0) is 10.6. The summed E-state index contributed by atoms with van der Waals surface area (Å²) in [6.45, 7) is 0. The van der Waals surface area contributed by atoms with E-state index in [0.717, 1.165) is 0 Å². The number of aliphatic carboxylic acids is 1. The van der Waals surface area contributed by atoms with E-state index in [1.165, 1.54) is 7.11 Å². The van der Waals surface area contributed by atoms with Crippen molar-refractivity contribution in [2.24, 2.45) is 5.73 Å². The molecule has 5 nitrogen and oxygen atoms in total. The highest BCUT2D eigenvalue weighted by Gasteiger charge is 2.15. The van der Waals surface area contributed by atoms with Crippen molar-refractivity contribution in [3.63, 3.8) is 0 Å². The van der Waals surface area contributed by atoms with Crippen LogP contribution >= 0.6 is 0 Å². The van der Waals surface area contributed by atoms with Crippen LogP contribution in [0.15, 0.2) is 18.3 Å². The third-order valence-electron chi connectivity index (χ3n) is 1.80. The average Bonchev–Trinajstić information content (AvgIpc) is 2.18. The molecule has 0 amide bonds. The molecule has 1 atom stereocenters. The summed E-state index contributed by atoms with van der Waals surface area (Å²) < 4.78 is 5.01. The number of pyridine rings is 1. The largest absolute Gasteiger partial charge is 0.495 e. The summed E-state index contributed by atoms with van der Waals surface area (Å²) in [6, 6.07) is 2.49. The number of carbonyl (C=O) groups is 1. The maximum Gasteiger partial charge on any atom is 0.320 e. The number of rotatable bonds is 4. The molecule has 1 rings (SSSR count). The Bertz CT molecular complexity index is 328. The molecule has 1 aromatic rings. The number of nitrogens with two attached hydrogens (primary N) is 1. The molecule has 5 heteroatoms. The first kappa shape index (κ1) is 10.5. The minimum absolute atomic E-state index is 0.166. The molecule has 0 aliphatic carbocycles. The topological polar surface area (TPSA) is 85.4 Å². The van der Waals surface area contributed by atoms with E-state index in [1.54, 1.807) is 18.3 Å². The number of aromatic nitrogens is 1. The highest BCUT2D eigenvalue weighted by atomic mass is 16.5. The molecular weight excluding hydrogens is 184 g/mol. The Kier molecular flexibility index (Phi) is 3.41. The van der Waals surface area contributed by atoms with E-state index in [1.807, 2.05) is 0 Å². The molecule has 14 heavy (non-hydrogen) atoms. The molecule has 3 N–H and O–H groups in total. The number of methoxy groups -OCH3 is 1. The molecule has 0 saturated carbocycles. The van der Waals surface area contributed by atoms with Crippen molar-refractivity contribution in [1.29, 1.82) is 0 Å². The SMILES string of the molecule is COc1cccnc1CC(N)C(=O)O. The molecule has 1 unspecified atom stereocenters. The van der Waals surface area contributed by atoms with E-state index in [-0.39, 0.29) is 6.42 Å². The van der Waals surface area contributed by atoms with E-state index in [0.29, 0.717) is 11.4 Å². The minimum Gasteiger partial charge on any atom is -0.495 e. The van der Waals surface area contributed by atoms with Crippen LogP contribution in [0, 0.1) is 0 Å². The van der Waals surface area contributed by atoms with Crippen LogP contribution in [0.3, 0.4) is 0 Å². The summed E-state index contributed by atoms with van der Waals surface area (Å²) in [5.74, 6) is -0.484. The van der Waals surface area contributed by atoms with Gasteiger partial charge in [0.25, 0.3) is 0 Å². The highest BCUT2D eigenvalue weighted by molar-refractivity contribution is 5.73. The number of carboxylic acid groups (broad SMARTS) is 1. The fourth-order valence-corrected chi connectivity index (χ4v) is 1.06. The Hall–Kier alpha value is -1.62. The fourth-order valence-electron chi connectivity index (χ4n) is 1.06. The second kappa shape index (κ2) is 4.57. The fraction of sp³-hybridized carbons (Fsp3) is 0.333. The molecule has 0 aliphatic heterocycles. The molecule has 1 heterocycles. The summed E-state index contributed by atoms with van der Waals surface area (Å²) in [4.78, 5) is 14.5. The maximum atomic E-state index is 10.5. The smallest absolute Gasteiger partial charge is 0.320 e. The predicted molar refractivity (Wildman–Crippen MR) is 50.1 cm³/mol. The standard InChI is InChI=1S/C9H12N2O3/c1-14-8-3-2-4-11-7(8)5-6(10)9(12)13/h2-4,6H,5,10H2,1H3,(H,12,13). The second-order valence-electron chi connectivity index (χ2n) is 2.80. The minimum atomic E-state index is -1.04. The zero-order valence-electron chi connectivity index (χ0n) is 7.80. The Labute approximate surface area is 81.5 Å². The molecule has 0 saturated heterocycles. The summed E-state index contributed by atoms with van der Waals surface area (Å²) in [7, 11) is 1.51. The third kappa shape index (κ3) is 2.43. The lowest BCUT2D eigenvalue weighted by atomic mass is 10.1. The maximum absolute atomic E-state index is 10.5. The summed E-state index contributed by atoms with van der Waals surface area (Å²) >= 11 is 0. The average molecular weight is 196 g/mol. The Morgan fingerprint density at radius 3 is 3.07 bits per heavy atom. The van der Waals surface area contributed by atoms with Crippen molar-refractivity contribution >= 4 is 5.97 Å². The number of nitrogens with zero attached hydrogens (tertiary/aromatic N) is 1. The predicted octanol–water partition coefficient (Wildman–Crippen LogP) is 0.0446. The van der Waals surface area contributed by atoms with Crippen LogP contribution in [0.1, 0.15) is 5.69 Å². The number of hydrogen-bond acceptors (Lipinski definition) is 4. The van der Waals surface area contributed by atoms with Crippen molar-refractivity contribution in [2.45, 2.75) is 12.5 Å². The molecular formula is C9H12N2O3. The van der Waals surface area contributed by atoms with Crippen LogP contribution in [0.4, 0.5) is 0 Å². The van der Waals surface area contributed by atoms with Gasteiger partial charge >= 0.3 is 5.97 Å². The van der Waals surface area contributed by atoms with E-state index in [9.17, 15) is 4.79 Å². The van der Waals surface area contributed by atoms with Gasteiger partial charge in [-0.25, -0.2) is 0 Å². The molecule has 0 fully saturated rings. The van der Waals surface area contributed by atoms with E-state index in [4.69, 9.17) is 15.6 Å². The number of carboxylic acids is 1. The van der Waals surface area contributed by atoms with Gasteiger partial charge in [-0.3, -0.25) is 9.78 Å². The lowest BCUT2D eigenvalue weighted by molar-refractivity contribution is -0.138. The highest BCUT2D eigenvalue weighted by Crippen LogP contribution is 2.15. The zero-order valence-corrected chi connectivity index (χ0v) is 7.80. The lowest BCUT2D eigenvalue weighted by Crippen LogP contribution is -2.32. The molecule has 0 aliphatic rings. The van der Waals surface area contributed by atoms with E-state index in [2.05, 4.69) is 4.98 Å². The summed E-state index contributed by atoms with van der Waals surface area (Å²) in [5, 5.41) is 8.61. The first-order valence-corrected chi connectivity index (χ1v) is 4.11. The summed E-state index contributed by atoms with van der Waals surface area (Å²) in [6.07, 6.45) is 1.74. The van der Waals surface area contributed by atoms with Gasteiger partial charge in [0.15, 0.2) is 0 Å². The van der Waals surface area contributed by atoms with Crippen LogP contribution in [0.5, 0.6) is 5.75 Å². The van der Waals surface area contributed by atoms with Crippen molar-refractivity contribution < 1.29 is 14.6 Å². The first-order chi connectivity index (χ1) is 6.65. The Morgan fingerprint density at radius 2 is 2.50 bits per heavy atom. The molecule has 0 spiro atoms. The van der Waals surface area contributed by atoms with E-state index >= 15 is 0 Å². The van der Waals surface area contributed by atoms with E-state index < -0.39 is 12.0 Å². The molecule has 0 aromatic carbocycles. The Balaban J connectivity index is 2.80. The van der Waals surface area contributed by atoms with Gasteiger partial charge in [-0.1, -0.05) is 0 Å². The Morgan fingerprint density at radius 1 is 1.79 bits per heavy atom. The second-order valence-corrected chi connectivity index (χ2v) is 2.80. The van der Waals surface area contributed by atoms with Crippen LogP contribution in [-0.2, 0) is 11.2 Å². The van der Waals surface area contributed by atoms with Crippen molar-refractivity contribution in [3.05, 3.63) is 24.0 Å². The normalized spacial score (nSPS) is 12.1. The molecule has 1 aromatic heterocycles. The number of hydrogen-bond donors (Lipinski definition) is 2. The van der Waals surface area contributed by atoms with Gasteiger partial charge in [-0.15, -0.1) is 0 Å². The number of ether oxygens (including phenoxy) is 1. The monoisotopic (exact) mass is 196 g/mol. The van der Waals surface area contributed by atoms with Crippen molar-refractivity contribution in [2.75, 3.05) is 7.11 Å². The summed E-state index contributed by atoms with van der Waals surface area (Å²) in [5.41, 5.74) is 5.94. The molecule has 76 valence electrons. The van der Waals surface area contributed by atoms with Crippen LogP contribution < -0.4 is 10.5 Å². The van der Waals surface area contributed by atoms with Gasteiger partial charge in [0, 0.05) is 12.6 Å². The van der Waals surface area contributed by atoms with Gasteiger partial charge in [0.1, 0.15) is 11.8 Å². The van der Waals surface area contributed by atoms with Crippen molar-refractivity contribution in [3.8, 4) is 5.75 Å². The van der Waals surface area contributed by atoms with Gasteiger partial charge in [0.2, 0.25) is 0 Å². The molecule has 0 radical (unpaired) electrons. The van der Waals surface area contributed by atoms with Gasteiger partial charge in [0.05, 0.1) is 12.8 Å². The van der Waals surface area contributed by atoms with Gasteiger partial charge in [-0.2, -0.15) is 0 Å².